The summed E-state index contributed by atoms with van der Waals surface area (Å²) in [4.78, 5) is 16.5. The molecule has 0 spiro atoms. The van der Waals surface area contributed by atoms with Gasteiger partial charge in [-0.05, 0) is 47.9 Å². The van der Waals surface area contributed by atoms with Crippen LogP contribution in [-0.4, -0.2) is 25.5 Å². The average Bonchev–Trinajstić information content (AvgIpc) is 2.67. The van der Waals surface area contributed by atoms with E-state index in [4.69, 9.17) is 4.42 Å². The zero-order valence-corrected chi connectivity index (χ0v) is 16.7. The van der Waals surface area contributed by atoms with Crippen molar-refractivity contribution < 1.29 is 4.42 Å². The van der Waals surface area contributed by atoms with Crippen molar-refractivity contribution in [3.63, 3.8) is 0 Å². The summed E-state index contributed by atoms with van der Waals surface area (Å²) in [5.41, 5.74) is 5.07. The van der Waals surface area contributed by atoms with Crippen LogP contribution >= 0.6 is 0 Å². The van der Waals surface area contributed by atoms with Gasteiger partial charge >= 0.3 is 5.63 Å². The normalized spacial score (nSPS) is 11.3. The van der Waals surface area contributed by atoms with Crippen LogP contribution in [0.15, 0.2) is 57.7 Å². The third-order valence-electron chi connectivity index (χ3n) is 5.00. The van der Waals surface area contributed by atoms with Crippen LogP contribution in [-0.2, 0) is 19.5 Å². The Morgan fingerprint density at radius 2 is 1.59 bits per heavy atom. The number of fused-ring (bicyclic) bond motifs is 1. The molecular formula is C23H28N2O2. The van der Waals surface area contributed by atoms with Gasteiger partial charge in [0.15, 0.2) is 0 Å². The van der Waals surface area contributed by atoms with Crippen LogP contribution in [0.2, 0.25) is 0 Å². The molecule has 1 aromatic heterocycles. The quantitative estimate of drug-likeness (QED) is 0.581. The SMILES string of the molecule is CCc1ccc2c(CN(CC)Cc3ccc(N(C)C)cc3)cc(=O)oc2c1. The smallest absolute Gasteiger partial charge is 0.336 e. The van der Waals surface area contributed by atoms with Gasteiger partial charge in [-0.15, -0.1) is 0 Å². The van der Waals surface area contributed by atoms with Gasteiger partial charge in [0, 0.05) is 44.3 Å². The number of aryl methyl sites for hydroxylation is 1. The first-order valence-corrected chi connectivity index (χ1v) is 9.54. The molecule has 0 aliphatic rings. The minimum absolute atomic E-state index is 0.280. The second kappa shape index (κ2) is 8.40. The van der Waals surface area contributed by atoms with Gasteiger partial charge in [-0.2, -0.15) is 0 Å². The van der Waals surface area contributed by atoms with Crippen molar-refractivity contribution in [1.29, 1.82) is 0 Å². The van der Waals surface area contributed by atoms with Crippen molar-refractivity contribution in [2.75, 3.05) is 25.5 Å². The Hall–Kier alpha value is -2.59. The molecule has 0 bridgehead atoms. The molecule has 0 unspecified atom stereocenters. The van der Waals surface area contributed by atoms with Crippen molar-refractivity contribution in [3.8, 4) is 0 Å². The molecule has 0 N–H and O–H groups in total. The highest BCUT2D eigenvalue weighted by molar-refractivity contribution is 5.80. The Kier molecular flexibility index (Phi) is 5.97. The molecule has 0 aliphatic heterocycles. The molecule has 0 aliphatic carbocycles. The first-order chi connectivity index (χ1) is 13.0. The van der Waals surface area contributed by atoms with E-state index in [1.165, 1.54) is 16.8 Å². The minimum atomic E-state index is -0.280. The lowest BCUT2D eigenvalue weighted by atomic mass is 10.1. The maximum Gasteiger partial charge on any atom is 0.336 e. The molecule has 4 heteroatoms. The Bertz CT molecular complexity index is 958. The van der Waals surface area contributed by atoms with E-state index in [1.54, 1.807) is 6.07 Å². The maximum atomic E-state index is 12.0. The average molecular weight is 364 g/mol. The fourth-order valence-corrected chi connectivity index (χ4v) is 3.30. The van der Waals surface area contributed by atoms with Crippen molar-refractivity contribution in [1.82, 2.24) is 4.90 Å². The molecule has 27 heavy (non-hydrogen) atoms. The third kappa shape index (κ3) is 4.58. The standard InChI is InChI=1S/C23H28N2O2/c1-5-17-9-12-21-19(14-23(26)27-22(21)13-17)16-25(6-2)15-18-7-10-20(11-8-18)24(3)4/h7-14H,5-6,15-16H2,1-4H3. The van der Waals surface area contributed by atoms with E-state index in [0.717, 1.165) is 37.0 Å². The summed E-state index contributed by atoms with van der Waals surface area (Å²) in [5.74, 6) is 0. The van der Waals surface area contributed by atoms with Crippen molar-refractivity contribution >= 4 is 16.7 Å². The second-order valence-corrected chi connectivity index (χ2v) is 7.14. The van der Waals surface area contributed by atoms with Crippen LogP contribution < -0.4 is 10.5 Å². The first-order valence-electron chi connectivity index (χ1n) is 9.54. The lowest BCUT2D eigenvalue weighted by Crippen LogP contribution is -2.23. The number of benzene rings is 2. The van der Waals surface area contributed by atoms with E-state index in [9.17, 15) is 4.79 Å². The molecule has 3 rings (SSSR count). The highest BCUT2D eigenvalue weighted by Gasteiger charge is 2.11. The van der Waals surface area contributed by atoms with Crippen molar-refractivity contribution in [2.24, 2.45) is 0 Å². The van der Waals surface area contributed by atoms with Crippen LogP contribution in [0.25, 0.3) is 11.0 Å². The number of hydrogen-bond acceptors (Lipinski definition) is 4. The molecule has 4 nitrogen and oxygen atoms in total. The second-order valence-electron chi connectivity index (χ2n) is 7.14. The number of rotatable bonds is 7. The molecule has 142 valence electrons. The lowest BCUT2D eigenvalue weighted by Gasteiger charge is -2.22. The highest BCUT2D eigenvalue weighted by atomic mass is 16.4. The molecule has 0 saturated carbocycles. The van der Waals surface area contributed by atoms with Crippen LogP contribution in [0.3, 0.4) is 0 Å². The van der Waals surface area contributed by atoms with Gasteiger partial charge in [-0.1, -0.05) is 38.1 Å². The van der Waals surface area contributed by atoms with Gasteiger partial charge in [-0.3, -0.25) is 4.90 Å². The molecule has 2 aromatic carbocycles. The predicted molar refractivity (Wildman–Crippen MR) is 112 cm³/mol. The molecule has 0 atom stereocenters. The summed E-state index contributed by atoms with van der Waals surface area (Å²) >= 11 is 0. The summed E-state index contributed by atoms with van der Waals surface area (Å²) in [7, 11) is 4.09. The van der Waals surface area contributed by atoms with E-state index in [-0.39, 0.29) is 5.63 Å². The fourth-order valence-electron chi connectivity index (χ4n) is 3.30. The molecule has 0 fully saturated rings. The molecule has 0 saturated heterocycles. The molecular weight excluding hydrogens is 336 g/mol. The molecule has 3 aromatic rings. The minimum Gasteiger partial charge on any atom is -0.423 e. The van der Waals surface area contributed by atoms with Gasteiger partial charge in [0.25, 0.3) is 0 Å². The topological polar surface area (TPSA) is 36.7 Å². The number of hydrogen-bond donors (Lipinski definition) is 0. The largest absolute Gasteiger partial charge is 0.423 e. The van der Waals surface area contributed by atoms with E-state index in [0.29, 0.717) is 5.58 Å². The molecule has 1 heterocycles. The summed E-state index contributed by atoms with van der Waals surface area (Å²) in [6.07, 6.45) is 0.925. The summed E-state index contributed by atoms with van der Waals surface area (Å²) in [6, 6.07) is 16.4. The Labute approximate surface area is 161 Å². The van der Waals surface area contributed by atoms with Gasteiger partial charge in [-0.25, -0.2) is 4.79 Å². The van der Waals surface area contributed by atoms with E-state index < -0.39 is 0 Å². The van der Waals surface area contributed by atoms with Crippen LogP contribution in [0.5, 0.6) is 0 Å². The van der Waals surface area contributed by atoms with Crippen LogP contribution in [0, 0.1) is 0 Å². The van der Waals surface area contributed by atoms with Crippen LogP contribution in [0.1, 0.15) is 30.5 Å². The Balaban J connectivity index is 1.84. The molecule has 0 amide bonds. The summed E-state index contributed by atoms with van der Waals surface area (Å²) in [5, 5.41) is 1.02. The monoisotopic (exact) mass is 364 g/mol. The van der Waals surface area contributed by atoms with Gasteiger partial charge in [0.2, 0.25) is 0 Å². The Morgan fingerprint density at radius 1 is 0.889 bits per heavy atom. The van der Waals surface area contributed by atoms with Gasteiger partial charge in [0.05, 0.1) is 0 Å². The lowest BCUT2D eigenvalue weighted by molar-refractivity contribution is 0.272. The van der Waals surface area contributed by atoms with Crippen molar-refractivity contribution in [3.05, 3.63) is 75.6 Å². The van der Waals surface area contributed by atoms with E-state index in [1.807, 2.05) is 20.2 Å². The fraction of sp³-hybridized carbons (Fsp3) is 0.348. The highest BCUT2D eigenvalue weighted by Crippen LogP contribution is 2.21. The third-order valence-corrected chi connectivity index (χ3v) is 5.00. The zero-order valence-electron chi connectivity index (χ0n) is 16.7. The van der Waals surface area contributed by atoms with E-state index in [2.05, 4.69) is 60.0 Å². The summed E-state index contributed by atoms with van der Waals surface area (Å²) in [6.45, 7) is 6.73. The van der Waals surface area contributed by atoms with Gasteiger partial charge in [0.1, 0.15) is 5.58 Å². The van der Waals surface area contributed by atoms with Crippen molar-refractivity contribution in [2.45, 2.75) is 33.4 Å². The number of nitrogens with zero attached hydrogens (tertiary/aromatic N) is 2. The Morgan fingerprint density at radius 3 is 2.22 bits per heavy atom. The summed E-state index contributed by atoms with van der Waals surface area (Å²) < 4.78 is 5.44. The maximum absolute atomic E-state index is 12.0. The number of anilines is 1. The van der Waals surface area contributed by atoms with Crippen LogP contribution in [0.4, 0.5) is 5.69 Å². The molecule has 0 radical (unpaired) electrons. The first kappa shape index (κ1) is 19.2. The van der Waals surface area contributed by atoms with Gasteiger partial charge < -0.3 is 9.32 Å². The zero-order chi connectivity index (χ0) is 19.4. The van der Waals surface area contributed by atoms with E-state index >= 15 is 0 Å². The predicted octanol–water partition coefficient (Wildman–Crippen LogP) is 4.44.